The van der Waals surface area contributed by atoms with Crippen molar-refractivity contribution in [1.29, 1.82) is 0 Å². The summed E-state index contributed by atoms with van der Waals surface area (Å²) in [6.45, 7) is 10.4. The van der Waals surface area contributed by atoms with Gasteiger partial charge in [0.15, 0.2) is 0 Å². The van der Waals surface area contributed by atoms with Crippen molar-refractivity contribution in [2.45, 2.75) is 45.3 Å². The van der Waals surface area contributed by atoms with Crippen LogP contribution >= 0.6 is 0 Å². The highest BCUT2D eigenvalue weighted by Gasteiger charge is 2.60. The Hall–Kier alpha value is -0.950. The second-order valence-corrected chi connectivity index (χ2v) is 9.48. The molecule has 2 heterocycles. The van der Waals surface area contributed by atoms with Crippen LogP contribution in [0.5, 0.6) is 0 Å². The van der Waals surface area contributed by atoms with Gasteiger partial charge in [0.1, 0.15) is 44.7 Å². The first kappa shape index (κ1) is 19.4. The molecule has 0 aromatic carbocycles. The Morgan fingerprint density at radius 3 is 2.67 bits per heavy atom. The topological polar surface area (TPSA) is 75.6 Å². The zero-order valence-corrected chi connectivity index (χ0v) is 16.7. The second kappa shape index (κ2) is 7.47. The van der Waals surface area contributed by atoms with E-state index >= 15 is 0 Å². The van der Waals surface area contributed by atoms with E-state index in [1.54, 1.807) is 0 Å². The van der Waals surface area contributed by atoms with Gasteiger partial charge in [0.25, 0.3) is 0 Å². The van der Waals surface area contributed by atoms with Gasteiger partial charge < -0.3 is 24.7 Å². The Morgan fingerprint density at radius 1 is 1.26 bits per heavy atom. The van der Waals surface area contributed by atoms with E-state index in [4.69, 9.17) is 9.84 Å². The quantitative estimate of drug-likeness (QED) is 0.338. The van der Waals surface area contributed by atoms with Gasteiger partial charge in [-0.15, -0.1) is 0 Å². The van der Waals surface area contributed by atoms with Crippen molar-refractivity contribution in [3.05, 3.63) is 11.6 Å². The minimum absolute atomic E-state index is 0.0736. The predicted molar refractivity (Wildman–Crippen MR) is 100 cm³/mol. The summed E-state index contributed by atoms with van der Waals surface area (Å²) in [4.78, 5) is 15.6. The fourth-order valence-electron chi connectivity index (χ4n) is 6.18. The van der Waals surface area contributed by atoms with Crippen molar-refractivity contribution >= 4 is 5.97 Å². The number of hydrogen-bond donors (Lipinski definition) is 4. The van der Waals surface area contributed by atoms with E-state index in [2.05, 4.69) is 19.9 Å². The summed E-state index contributed by atoms with van der Waals surface area (Å²) < 4.78 is 5.79. The number of aliphatic hydroxyl groups excluding tert-OH is 2. The molecular weight excluding hydrogens is 344 g/mol. The third-order valence-corrected chi connectivity index (χ3v) is 8.21. The molecule has 0 amide bonds. The third-order valence-electron chi connectivity index (χ3n) is 8.21. The summed E-state index contributed by atoms with van der Waals surface area (Å²) in [5, 5.41) is 20.5. The number of quaternary nitrogens is 2. The van der Waals surface area contributed by atoms with E-state index in [9.17, 15) is 9.90 Å². The summed E-state index contributed by atoms with van der Waals surface area (Å²) in [5.74, 6) is 0.0716. The van der Waals surface area contributed by atoms with Crippen LogP contribution in [0.3, 0.4) is 0 Å². The van der Waals surface area contributed by atoms with Gasteiger partial charge >= 0.3 is 5.97 Å². The number of ether oxygens (including phenoxy) is 1. The van der Waals surface area contributed by atoms with Crippen LogP contribution in [0, 0.1) is 23.2 Å². The normalized spacial score (nSPS) is 47.0. The average Bonchev–Trinajstić information content (AvgIpc) is 2.95. The number of carbonyl (C=O) groups excluding carboxylic acids is 1. The highest BCUT2D eigenvalue weighted by atomic mass is 16.6. The fraction of sp³-hybridized carbons (Fsp3) is 0.857. The van der Waals surface area contributed by atoms with Gasteiger partial charge in [0.2, 0.25) is 0 Å². The number of fused-ring (bicyclic) bond motifs is 2. The molecule has 2 aliphatic heterocycles. The van der Waals surface area contributed by atoms with Crippen LogP contribution in [0.2, 0.25) is 0 Å². The van der Waals surface area contributed by atoms with Crippen molar-refractivity contribution in [1.82, 2.24) is 0 Å². The van der Waals surface area contributed by atoms with Crippen LogP contribution in [0.25, 0.3) is 0 Å². The average molecular weight is 381 g/mol. The van der Waals surface area contributed by atoms with E-state index < -0.39 is 6.10 Å². The molecule has 0 spiro atoms. The summed E-state index contributed by atoms with van der Waals surface area (Å²) >= 11 is 0. The summed E-state index contributed by atoms with van der Waals surface area (Å²) in [6, 6.07) is 0. The highest BCUT2D eigenvalue weighted by molar-refractivity contribution is 5.76. The van der Waals surface area contributed by atoms with Gasteiger partial charge in [-0.2, -0.15) is 0 Å². The maximum Gasteiger partial charge on any atom is 0.315 e. The Bertz CT molecular complexity index is 601. The number of esters is 1. The molecule has 0 aromatic heterocycles. The number of allylic oxidation sites excluding steroid dienone is 1. The lowest BCUT2D eigenvalue weighted by molar-refractivity contribution is -1.01. The zero-order chi connectivity index (χ0) is 19.2. The molecule has 152 valence electrons. The lowest BCUT2D eigenvalue weighted by atomic mass is 9.55. The monoisotopic (exact) mass is 380 g/mol. The molecule has 6 nitrogen and oxygen atoms in total. The standard InChI is InChI=1S/C21H34N2O4/c1-14-4-3-5-15-12-17-18(19(25)21(14,15)2)16(20(26)27-17)13-23-8-6-22(7-9-23)10-11-24/h5,14,16-19,24-25H,3-4,6-13H2,1-2H3/p+2/t14-,16+,17-,18-,19-,21-/m1/s1. The fourth-order valence-corrected chi connectivity index (χ4v) is 6.18. The number of piperazine rings is 1. The van der Waals surface area contributed by atoms with Crippen LogP contribution in [-0.2, 0) is 9.53 Å². The molecule has 6 heteroatoms. The largest absolute Gasteiger partial charge is 0.461 e. The van der Waals surface area contributed by atoms with Gasteiger partial charge in [0.05, 0.1) is 19.3 Å². The maximum absolute atomic E-state index is 12.7. The van der Waals surface area contributed by atoms with Crippen molar-refractivity contribution in [2.24, 2.45) is 23.2 Å². The van der Waals surface area contributed by atoms with E-state index in [-0.39, 0.29) is 35.9 Å². The van der Waals surface area contributed by atoms with Crippen LogP contribution in [0.15, 0.2) is 11.6 Å². The summed E-state index contributed by atoms with van der Waals surface area (Å²) in [5.41, 5.74) is 1.09. The molecule has 0 radical (unpaired) electrons. The van der Waals surface area contributed by atoms with E-state index in [0.717, 1.165) is 58.5 Å². The Morgan fingerprint density at radius 2 is 1.96 bits per heavy atom. The van der Waals surface area contributed by atoms with Crippen LogP contribution < -0.4 is 9.80 Å². The first-order chi connectivity index (χ1) is 12.9. The Balaban J connectivity index is 1.48. The first-order valence-electron chi connectivity index (χ1n) is 10.8. The SMILES string of the molecule is C[C@@H]1CCC=C2C[C@H]3OC(=O)[C@@H](C[NH+]4CC[NH+](CCO)CC4)[C@H]3[C@@H](O)[C@@]21C. The van der Waals surface area contributed by atoms with Crippen LogP contribution in [-0.4, -0.2) is 74.3 Å². The maximum atomic E-state index is 12.7. The molecule has 2 aliphatic carbocycles. The van der Waals surface area contributed by atoms with Crippen LogP contribution in [0.1, 0.15) is 33.1 Å². The Labute approximate surface area is 162 Å². The van der Waals surface area contributed by atoms with Gasteiger partial charge in [-0.25, -0.2) is 0 Å². The number of carbonyl (C=O) groups is 1. The van der Waals surface area contributed by atoms with Gasteiger partial charge in [-0.3, -0.25) is 4.79 Å². The smallest absolute Gasteiger partial charge is 0.315 e. The molecule has 0 unspecified atom stereocenters. The van der Waals surface area contributed by atoms with E-state index in [0.29, 0.717) is 5.92 Å². The van der Waals surface area contributed by atoms with Crippen LogP contribution in [0.4, 0.5) is 0 Å². The van der Waals surface area contributed by atoms with Crippen molar-refractivity contribution in [2.75, 3.05) is 45.9 Å². The number of nitrogens with one attached hydrogen (secondary N) is 2. The highest BCUT2D eigenvalue weighted by Crippen LogP contribution is 2.55. The van der Waals surface area contributed by atoms with Gasteiger partial charge in [-0.1, -0.05) is 25.5 Å². The third kappa shape index (κ3) is 3.24. The lowest BCUT2D eigenvalue weighted by Crippen LogP contribution is -3.28. The lowest BCUT2D eigenvalue weighted by Gasteiger charge is -2.51. The molecule has 4 aliphatic rings. The van der Waals surface area contributed by atoms with E-state index in [1.165, 1.54) is 15.4 Å². The molecule has 0 bridgehead atoms. The molecular formula is C21H36N2O4+2. The predicted octanol–water partition coefficient (Wildman–Crippen LogP) is -1.95. The number of aliphatic hydroxyl groups is 2. The van der Waals surface area contributed by atoms with Crippen molar-refractivity contribution in [3.63, 3.8) is 0 Å². The van der Waals surface area contributed by atoms with Gasteiger partial charge in [0, 0.05) is 17.8 Å². The molecule has 27 heavy (non-hydrogen) atoms. The molecule has 3 fully saturated rings. The van der Waals surface area contributed by atoms with Crippen molar-refractivity contribution < 1.29 is 29.5 Å². The molecule has 1 saturated carbocycles. The zero-order valence-electron chi connectivity index (χ0n) is 16.7. The number of hydrogen-bond acceptors (Lipinski definition) is 4. The van der Waals surface area contributed by atoms with E-state index in [1.807, 2.05) is 0 Å². The summed E-state index contributed by atoms with van der Waals surface area (Å²) in [7, 11) is 0. The molecule has 4 N–H and O–H groups in total. The first-order valence-corrected chi connectivity index (χ1v) is 10.8. The van der Waals surface area contributed by atoms with Crippen molar-refractivity contribution in [3.8, 4) is 0 Å². The molecule has 2 saturated heterocycles. The second-order valence-electron chi connectivity index (χ2n) is 9.48. The molecule has 0 aromatic rings. The van der Waals surface area contributed by atoms with Gasteiger partial charge in [-0.05, 0) is 18.8 Å². The number of rotatable bonds is 4. The molecule has 6 atom stereocenters. The Kier molecular flexibility index (Phi) is 5.36. The molecule has 4 rings (SSSR count). The minimum Gasteiger partial charge on any atom is -0.461 e. The minimum atomic E-state index is -0.505. The summed E-state index contributed by atoms with van der Waals surface area (Å²) in [6.07, 6.45) is 4.61.